The number of rotatable bonds is 3. The van der Waals surface area contributed by atoms with Crippen LogP contribution >= 0.6 is 0 Å². The van der Waals surface area contributed by atoms with Crippen LogP contribution in [0, 0.1) is 0 Å². The Labute approximate surface area is 136 Å². The molecule has 1 fully saturated rings. The molecule has 0 radical (unpaired) electrons. The van der Waals surface area contributed by atoms with Gasteiger partial charge in [-0.3, -0.25) is 4.79 Å². The van der Waals surface area contributed by atoms with Gasteiger partial charge in [-0.15, -0.1) is 0 Å². The Morgan fingerprint density at radius 3 is 2.65 bits per heavy atom. The quantitative estimate of drug-likeness (QED) is 0.915. The third-order valence-electron chi connectivity index (χ3n) is 4.36. The van der Waals surface area contributed by atoms with Crippen molar-refractivity contribution < 1.29 is 17.9 Å². The highest BCUT2D eigenvalue weighted by atomic mass is 32.2. The van der Waals surface area contributed by atoms with E-state index in [2.05, 4.69) is 4.72 Å². The summed E-state index contributed by atoms with van der Waals surface area (Å²) in [5.41, 5.74) is 0.518. The van der Waals surface area contributed by atoms with Crippen molar-refractivity contribution >= 4 is 21.6 Å². The van der Waals surface area contributed by atoms with E-state index in [0.29, 0.717) is 18.0 Å². The smallest absolute Gasteiger partial charge is 0.240 e. The van der Waals surface area contributed by atoms with Gasteiger partial charge in [0.15, 0.2) is 0 Å². The van der Waals surface area contributed by atoms with Crippen molar-refractivity contribution in [1.82, 2.24) is 4.72 Å². The summed E-state index contributed by atoms with van der Waals surface area (Å²) in [6, 6.07) is 4.70. The van der Waals surface area contributed by atoms with Crippen molar-refractivity contribution in [3.63, 3.8) is 0 Å². The zero-order chi connectivity index (χ0) is 16.6. The average Bonchev–Trinajstić information content (AvgIpc) is 2.97. The number of amides is 1. The number of hydrogen-bond donors (Lipinski definition) is 1. The highest BCUT2D eigenvalue weighted by molar-refractivity contribution is 7.89. The van der Waals surface area contributed by atoms with E-state index < -0.39 is 10.0 Å². The summed E-state index contributed by atoms with van der Waals surface area (Å²) < 4.78 is 33.6. The lowest BCUT2D eigenvalue weighted by atomic mass is 10.2. The second kappa shape index (κ2) is 6.13. The lowest BCUT2D eigenvalue weighted by Gasteiger charge is -2.33. The topological polar surface area (TPSA) is 75.7 Å². The lowest BCUT2D eigenvalue weighted by molar-refractivity contribution is -0.117. The molecule has 0 saturated heterocycles. The molecule has 1 N–H and O–H groups in total. The van der Waals surface area contributed by atoms with E-state index in [4.69, 9.17) is 4.74 Å². The Kier molecular flexibility index (Phi) is 4.33. The average molecular weight is 338 g/mol. The first-order chi connectivity index (χ1) is 10.9. The Bertz CT molecular complexity index is 711. The van der Waals surface area contributed by atoms with E-state index in [9.17, 15) is 13.2 Å². The van der Waals surface area contributed by atoms with Gasteiger partial charge in [0.2, 0.25) is 15.9 Å². The third-order valence-corrected chi connectivity index (χ3v) is 5.87. The summed E-state index contributed by atoms with van der Waals surface area (Å²) in [6.45, 7) is 3.77. The van der Waals surface area contributed by atoms with E-state index in [1.165, 1.54) is 19.1 Å². The van der Waals surface area contributed by atoms with Crippen molar-refractivity contribution in [3.05, 3.63) is 18.2 Å². The van der Waals surface area contributed by atoms with Gasteiger partial charge >= 0.3 is 0 Å². The van der Waals surface area contributed by atoms with Crippen LogP contribution in [0.3, 0.4) is 0 Å². The summed E-state index contributed by atoms with van der Waals surface area (Å²) in [4.78, 5) is 13.6. The molecule has 23 heavy (non-hydrogen) atoms. The molecule has 1 atom stereocenters. The molecule has 1 aromatic rings. The number of benzene rings is 1. The van der Waals surface area contributed by atoms with Crippen LogP contribution in [0.25, 0.3) is 0 Å². The lowest BCUT2D eigenvalue weighted by Crippen LogP contribution is -2.41. The van der Waals surface area contributed by atoms with E-state index in [1.54, 1.807) is 11.0 Å². The largest absolute Gasteiger partial charge is 0.487 e. The zero-order valence-corrected chi connectivity index (χ0v) is 14.2. The SMILES string of the molecule is CC(=O)N1CC(C)Oc2ccc(S(=O)(=O)NC3CCCC3)cc21. The third kappa shape index (κ3) is 3.35. The molecule has 2 aliphatic rings. The number of nitrogens with one attached hydrogen (secondary N) is 1. The molecule has 1 aliphatic carbocycles. The number of carbonyl (C=O) groups is 1. The number of fused-ring (bicyclic) bond motifs is 1. The van der Waals surface area contributed by atoms with E-state index in [-0.39, 0.29) is 22.9 Å². The summed E-state index contributed by atoms with van der Waals surface area (Å²) >= 11 is 0. The fraction of sp³-hybridized carbons (Fsp3) is 0.562. The van der Waals surface area contributed by atoms with Gasteiger partial charge in [-0.1, -0.05) is 12.8 Å². The van der Waals surface area contributed by atoms with Crippen LogP contribution in [0.15, 0.2) is 23.1 Å². The molecule has 1 unspecified atom stereocenters. The van der Waals surface area contributed by atoms with Crippen molar-refractivity contribution in [2.45, 2.75) is 56.6 Å². The van der Waals surface area contributed by atoms with Gasteiger partial charge in [0.1, 0.15) is 11.9 Å². The maximum Gasteiger partial charge on any atom is 0.240 e. The van der Waals surface area contributed by atoms with Crippen molar-refractivity contribution in [3.8, 4) is 5.75 Å². The molecule has 0 bridgehead atoms. The van der Waals surface area contributed by atoms with Crippen LogP contribution in [-0.2, 0) is 14.8 Å². The first-order valence-electron chi connectivity index (χ1n) is 7.98. The molecule has 1 aliphatic heterocycles. The highest BCUT2D eigenvalue weighted by Gasteiger charge is 2.29. The van der Waals surface area contributed by atoms with Crippen LogP contribution in [0.1, 0.15) is 39.5 Å². The van der Waals surface area contributed by atoms with Gasteiger partial charge in [0, 0.05) is 13.0 Å². The molecule has 3 rings (SSSR count). The molecule has 7 heteroatoms. The molecule has 1 aromatic carbocycles. The van der Waals surface area contributed by atoms with E-state index in [0.717, 1.165) is 25.7 Å². The van der Waals surface area contributed by atoms with E-state index >= 15 is 0 Å². The first-order valence-corrected chi connectivity index (χ1v) is 9.46. The fourth-order valence-electron chi connectivity index (χ4n) is 3.21. The van der Waals surface area contributed by atoms with Crippen LogP contribution in [0.5, 0.6) is 5.75 Å². The predicted molar refractivity (Wildman–Crippen MR) is 87.1 cm³/mol. The Balaban J connectivity index is 1.93. The highest BCUT2D eigenvalue weighted by Crippen LogP contribution is 2.35. The molecule has 1 amide bonds. The van der Waals surface area contributed by atoms with Gasteiger partial charge in [0.05, 0.1) is 17.1 Å². The van der Waals surface area contributed by atoms with Crippen molar-refractivity contribution in [1.29, 1.82) is 0 Å². The van der Waals surface area contributed by atoms with Gasteiger partial charge in [0.25, 0.3) is 0 Å². The minimum absolute atomic E-state index is 0.0104. The van der Waals surface area contributed by atoms with Crippen LogP contribution in [-0.4, -0.2) is 33.0 Å². The maximum absolute atomic E-state index is 12.6. The Hall–Kier alpha value is -1.60. The molecular formula is C16H22N2O4S. The number of sulfonamides is 1. The molecular weight excluding hydrogens is 316 g/mol. The maximum atomic E-state index is 12.6. The molecule has 1 saturated carbocycles. The van der Waals surface area contributed by atoms with Gasteiger partial charge < -0.3 is 9.64 Å². The number of hydrogen-bond acceptors (Lipinski definition) is 4. The predicted octanol–water partition coefficient (Wildman–Crippen LogP) is 2.04. The monoisotopic (exact) mass is 338 g/mol. The Morgan fingerprint density at radius 2 is 2.00 bits per heavy atom. The molecule has 0 aromatic heterocycles. The van der Waals surface area contributed by atoms with Crippen LogP contribution < -0.4 is 14.4 Å². The summed E-state index contributed by atoms with van der Waals surface area (Å²) in [5, 5.41) is 0. The van der Waals surface area contributed by atoms with Gasteiger partial charge in [-0.05, 0) is 38.0 Å². The normalized spacial score (nSPS) is 21.8. The minimum atomic E-state index is -3.58. The molecule has 6 nitrogen and oxygen atoms in total. The summed E-state index contributed by atoms with van der Waals surface area (Å²) in [6.07, 6.45) is 3.75. The number of carbonyl (C=O) groups excluding carboxylic acids is 1. The standard InChI is InChI=1S/C16H22N2O4S/c1-11-10-18(12(2)19)15-9-14(7-8-16(15)22-11)23(20,21)17-13-5-3-4-6-13/h7-9,11,13,17H,3-6,10H2,1-2H3. The van der Waals surface area contributed by atoms with E-state index in [1.807, 2.05) is 6.92 Å². The zero-order valence-electron chi connectivity index (χ0n) is 13.4. The fourth-order valence-corrected chi connectivity index (χ4v) is 4.54. The molecule has 126 valence electrons. The number of anilines is 1. The Morgan fingerprint density at radius 1 is 1.30 bits per heavy atom. The van der Waals surface area contributed by atoms with Crippen molar-refractivity contribution in [2.24, 2.45) is 0 Å². The van der Waals surface area contributed by atoms with Crippen LogP contribution in [0.4, 0.5) is 5.69 Å². The van der Waals surface area contributed by atoms with Crippen LogP contribution in [0.2, 0.25) is 0 Å². The molecule has 0 spiro atoms. The molecule has 1 heterocycles. The van der Waals surface area contributed by atoms with Crippen molar-refractivity contribution in [2.75, 3.05) is 11.4 Å². The summed E-state index contributed by atoms with van der Waals surface area (Å²) in [7, 11) is -3.58. The number of nitrogens with zero attached hydrogens (tertiary/aromatic N) is 1. The number of ether oxygens (including phenoxy) is 1. The minimum Gasteiger partial charge on any atom is -0.487 e. The first kappa shape index (κ1) is 16.3. The van der Waals surface area contributed by atoms with Gasteiger partial charge in [-0.2, -0.15) is 0 Å². The summed E-state index contributed by atoms with van der Waals surface area (Å²) in [5.74, 6) is 0.415. The second-order valence-corrected chi connectivity index (χ2v) is 8.00. The second-order valence-electron chi connectivity index (χ2n) is 6.29. The van der Waals surface area contributed by atoms with Gasteiger partial charge in [-0.25, -0.2) is 13.1 Å².